The third kappa shape index (κ3) is 3.85. The maximum absolute atomic E-state index is 12.4. The number of rotatable bonds is 6. The summed E-state index contributed by atoms with van der Waals surface area (Å²) in [6.07, 6.45) is 4.58. The Labute approximate surface area is 132 Å². The minimum Gasteiger partial charge on any atom is -0.306 e. The van der Waals surface area contributed by atoms with Gasteiger partial charge >= 0.3 is 0 Å². The van der Waals surface area contributed by atoms with Gasteiger partial charge in [0.05, 0.1) is 12.1 Å². The molecule has 7 heteroatoms. The van der Waals surface area contributed by atoms with Crippen LogP contribution in [0.25, 0.3) is 0 Å². The Hall–Kier alpha value is -3.35. The van der Waals surface area contributed by atoms with Gasteiger partial charge in [-0.1, -0.05) is 12.6 Å². The molecule has 0 radical (unpaired) electrons. The molecule has 0 aromatic carbocycles. The van der Waals surface area contributed by atoms with E-state index < -0.39 is 11.8 Å². The predicted molar refractivity (Wildman–Crippen MR) is 85.0 cm³/mol. The average Bonchev–Trinajstić information content (AvgIpc) is 2.60. The maximum Gasteiger partial charge on any atom is 0.260 e. The normalized spacial score (nSPS) is 9.74. The lowest BCUT2D eigenvalue weighted by Gasteiger charge is -2.19. The second-order valence-electron chi connectivity index (χ2n) is 4.36. The molecule has 116 valence electrons. The Kier molecular flexibility index (Phi) is 5.30. The molecule has 0 spiro atoms. The lowest BCUT2D eigenvalue weighted by atomic mass is 10.2. The van der Waals surface area contributed by atoms with Crippen molar-refractivity contribution in [1.82, 2.24) is 9.97 Å². The number of hydrogen-bond acceptors (Lipinski definition) is 5. The van der Waals surface area contributed by atoms with Gasteiger partial charge in [-0.15, -0.1) is 0 Å². The molecule has 0 saturated carbocycles. The zero-order valence-corrected chi connectivity index (χ0v) is 12.2. The number of carbonyl (C=O) groups excluding carboxylic acids is 3. The van der Waals surface area contributed by atoms with E-state index in [0.29, 0.717) is 12.1 Å². The maximum atomic E-state index is 12.4. The highest BCUT2D eigenvalue weighted by Gasteiger charge is 2.21. The van der Waals surface area contributed by atoms with Crippen LogP contribution in [0, 0.1) is 0 Å². The van der Waals surface area contributed by atoms with Crippen LogP contribution in [0.4, 0.5) is 11.6 Å². The van der Waals surface area contributed by atoms with E-state index in [2.05, 4.69) is 21.9 Å². The zero-order valence-electron chi connectivity index (χ0n) is 12.2. The number of amides is 2. The van der Waals surface area contributed by atoms with E-state index in [9.17, 15) is 14.4 Å². The van der Waals surface area contributed by atoms with E-state index >= 15 is 0 Å². The van der Waals surface area contributed by atoms with Crippen LogP contribution in [-0.2, 0) is 9.59 Å². The van der Waals surface area contributed by atoms with Gasteiger partial charge in [0, 0.05) is 12.4 Å². The second kappa shape index (κ2) is 7.60. The van der Waals surface area contributed by atoms with Gasteiger partial charge in [0.25, 0.3) is 11.8 Å². The molecular formula is C16H14N4O3. The van der Waals surface area contributed by atoms with Crippen molar-refractivity contribution in [2.45, 2.75) is 0 Å². The zero-order chi connectivity index (χ0) is 16.7. The SMILES string of the molecule is C=CC(=O)N(CC=O)c1ncccc1C(=O)Nc1ccccn1. The summed E-state index contributed by atoms with van der Waals surface area (Å²) in [6, 6.07) is 8.15. The monoisotopic (exact) mass is 310 g/mol. The smallest absolute Gasteiger partial charge is 0.260 e. The summed E-state index contributed by atoms with van der Waals surface area (Å²) < 4.78 is 0. The molecule has 0 saturated heterocycles. The van der Waals surface area contributed by atoms with E-state index in [1.165, 1.54) is 12.3 Å². The van der Waals surface area contributed by atoms with Crippen LogP contribution < -0.4 is 10.2 Å². The van der Waals surface area contributed by atoms with Gasteiger partial charge in [-0.05, 0) is 30.3 Å². The topological polar surface area (TPSA) is 92.3 Å². The van der Waals surface area contributed by atoms with E-state index in [4.69, 9.17) is 0 Å². The molecule has 0 fully saturated rings. The first-order valence-electron chi connectivity index (χ1n) is 6.72. The second-order valence-corrected chi connectivity index (χ2v) is 4.36. The first-order valence-corrected chi connectivity index (χ1v) is 6.72. The van der Waals surface area contributed by atoms with E-state index in [1.807, 2.05) is 0 Å². The fraction of sp³-hybridized carbons (Fsp3) is 0.0625. The summed E-state index contributed by atoms with van der Waals surface area (Å²) in [5, 5.41) is 2.61. The highest BCUT2D eigenvalue weighted by Crippen LogP contribution is 2.18. The third-order valence-electron chi connectivity index (χ3n) is 2.89. The van der Waals surface area contributed by atoms with Crippen LogP contribution in [-0.4, -0.2) is 34.6 Å². The van der Waals surface area contributed by atoms with Gasteiger partial charge in [-0.3, -0.25) is 14.5 Å². The van der Waals surface area contributed by atoms with Crippen molar-refractivity contribution >= 4 is 29.7 Å². The Morgan fingerprint density at radius 2 is 1.96 bits per heavy atom. The van der Waals surface area contributed by atoms with Crippen LogP contribution in [0.5, 0.6) is 0 Å². The van der Waals surface area contributed by atoms with E-state index in [1.54, 1.807) is 30.5 Å². The predicted octanol–water partition coefficient (Wildman–Crippen LogP) is 1.45. The highest BCUT2D eigenvalue weighted by atomic mass is 16.2. The Morgan fingerprint density at radius 1 is 1.17 bits per heavy atom. The van der Waals surface area contributed by atoms with Gasteiger partial charge in [0.15, 0.2) is 0 Å². The summed E-state index contributed by atoms with van der Waals surface area (Å²) in [6.45, 7) is 3.16. The molecule has 0 atom stereocenters. The summed E-state index contributed by atoms with van der Waals surface area (Å²) >= 11 is 0. The van der Waals surface area contributed by atoms with Crippen LogP contribution in [0.15, 0.2) is 55.4 Å². The van der Waals surface area contributed by atoms with Crippen molar-refractivity contribution in [3.63, 3.8) is 0 Å². The van der Waals surface area contributed by atoms with E-state index in [0.717, 1.165) is 11.0 Å². The van der Waals surface area contributed by atoms with Crippen LogP contribution in [0.2, 0.25) is 0 Å². The number of pyridine rings is 2. The van der Waals surface area contributed by atoms with Crippen molar-refractivity contribution in [3.05, 3.63) is 60.9 Å². The molecular weight excluding hydrogens is 296 g/mol. The van der Waals surface area contributed by atoms with Crippen molar-refractivity contribution in [1.29, 1.82) is 0 Å². The lowest BCUT2D eigenvalue weighted by molar-refractivity contribution is -0.116. The molecule has 7 nitrogen and oxygen atoms in total. The van der Waals surface area contributed by atoms with Crippen molar-refractivity contribution < 1.29 is 14.4 Å². The summed E-state index contributed by atoms with van der Waals surface area (Å²) in [5.41, 5.74) is 0.148. The summed E-state index contributed by atoms with van der Waals surface area (Å²) in [5.74, 6) is -0.565. The van der Waals surface area contributed by atoms with Crippen LogP contribution in [0.1, 0.15) is 10.4 Å². The molecule has 2 amide bonds. The Morgan fingerprint density at radius 3 is 2.61 bits per heavy atom. The van der Waals surface area contributed by atoms with Gasteiger partial charge in [0.1, 0.15) is 17.9 Å². The quantitative estimate of drug-likeness (QED) is 0.644. The molecule has 2 rings (SSSR count). The molecule has 0 bridgehead atoms. The van der Waals surface area contributed by atoms with Gasteiger partial charge in [-0.25, -0.2) is 9.97 Å². The molecule has 0 unspecified atom stereocenters. The van der Waals surface area contributed by atoms with Crippen LogP contribution >= 0.6 is 0 Å². The van der Waals surface area contributed by atoms with Crippen LogP contribution in [0.3, 0.4) is 0 Å². The fourth-order valence-corrected chi connectivity index (χ4v) is 1.88. The van der Waals surface area contributed by atoms with Gasteiger partial charge < -0.3 is 10.1 Å². The summed E-state index contributed by atoms with van der Waals surface area (Å²) in [4.78, 5) is 44.3. The molecule has 2 aromatic heterocycles. The number of nitrogens with one attached hydrogen (secondary N) is 1. The first-order chi connectivity index (χ1) is 11.2. The molecule has 0 aliphatic carbocycles. The largest absolute Gasteiger partial charge is 0.306 e. The molecule has 0 aliphatic rings. The lowest BCUT2D eigenvalue weighted by Crippen LogP contribution is -2.33. The number of aldehydes is 1. The standard InChI is InChI=1S/C16H14N4O3/c1-2-14(22)20(10-11-21)15-12(6-5-9-18-15)16(23)19-13-7-3-4-8-17-13/h2-9,11H,1,10H2,(H,17,19,23). The van der Waals surface area contributed by atoms with Gasteiger partial charge in [-0.2, -0.15) is 0 Å². The van der Waals surface area contributed by atoms with Crippen molar-refractivity contribution in [3.8, 4) is 0 Å². The summed E-state index contributed by atoms with van der Waals surface area (Å²) in [7, 11) is 0. The molecule has 2 aromatic rings. The molecule has 2 heterocycles. The number of anilines is 2. The Balaban J connectivity index is 2.35. The molecule has 23 heavy (non-hydrogen) atoms. The van der Waals surface area contributed by atoms with Crippen molar-refractivity contribution in [2.75, 3.05) is 16.8 Å². The minimum atomic E-state index is -0.525. The number of hydrogen-bond donors (Lipinski definition) is 1. The van der Waals surface area contributed by atoms with E-state index in [-0.39, 0.29) is 17.9 Å². The Bertz CT molecular complexity index is 731. The van der Waals surface area contributed by atoms with Gasteiger partial charge in [0.2, 0.25) is 0 Å². The minimum absolute atomic E-state index is 0.0814. The average molecular weight is 310 g/mol. The fourth-order valence-electron chi connectivity index (χ4n) is 1.88. The van der Waals surface area contributed by atoms with Crippen molar-refractivity contribution in [2.24, 2.45) is 0 Å². The molecule has 1 N–H and O–H groups in total. The number of aromatic nitrogens is 2. The number of nitrogens with zero attached hydrogens (tertiary/aromatic N) is 3. The highest BCUT2D eigenvalue weighted by molar-refractivity contribution is 6.11. The number of carbonyl (C=O) groups is 3. The first kappa shape index (κ1) is 16.0. The molecule has 0 aliphatic heterocycles. The third-order valence-corrected chi connectivity index (χ3v) is 2.89.